The lowest BCUT2D eigenvalue weighted by Gasteiger charge is -2.14. The number of nitriles is 2. The Kier molecular flexibility index (Phi) is 8.17. The minimum atomic E-state index is -0.200. The van der Waals surface area contributed by atoms with Crippen LogP contribution in [-0.2, 0) is 13.2 Å². The largest absolute Gasteiger partial charge is 0.493 e. The molecule has 10 heteroatoms. The summed E-state index contributed by atoms with van der Waals surface area (Å²) in [6.45, 7) is 0.245. The molecule has 0 amide bonds. The minimum absolute atomic E-state index is 0.0841. The molecular formula is C23H19ClIN5O3. The van der Waals surface area contributed by atoms with Gasteiger partial charge in [0.2, 0.25) is 0 Å². The van der Waals surface area contributed by atoms with E-state index in [1.54, 1.807) is 24.3 Å². The molecule has 2 aromatic carbocycles. The third kappa shape index (κ3) is 5.57. The molecule has 1 aromatic heterocycles. The van der Waals surface area contributed by atoms with E-state index in [0.717, 1.165) is 9.13 Å². The average Bonchev–Trinajstić information content (AvgIpc) is 3.12. The van der Waals surface area contributed by atoms with Crippen molar-refractivity contribution >= 4 is 51.7 Å². The predicted octanol–water partition coefficient (Wildman–Crippen LogP) is 4.24. The van der Waals surface area contributed by atoms with Crippen LogP contribution in [0, 0.1) is 26.2 Å². The number of hydrogen-bond acceptors (Lipinski definition) is 7. The molecule has 1 heterocycles. The molecule has 0 atom stereocenters. The van der Waals surface area contributed by atoms with Gasteiger partial charge >= 0.3 is 0 Å². The fourth-order valence-corrected chi connectivity index (χ4v) is 3.97. The summed E-state index contributed by atoms with van der Waals surface area (Å²) in [5.74, 6) is 1.16. The topological polar surface area (TPSA) is 130 Å². The molecule has 8 nitrogen and oxygen atoms in total. The van der Waals surface area contributed by atoms with E-state index < -0.39 is 0 Å². The van der Waals surface area contributed by atoms with Crippen LogP contribution in [0.3, 0.4) is 0 Å². The zero-order valence-electron chi connectivity index (χ0n) is 17.5. The van der Waals surface area contributed by atoms with Crippen molar-refractivity contribution in [2.75, 3.05) is 19.5 Å². The lowest BCUT2D eigenvalue weighted by Crippen LogP contribution is -2.07. The molecule has 0 bridgehead atoms. The number of halogens is 2. The summed E-state index contributed by atoms with van der Waals surface area (Å²) in [6.07, 6.45) is 1.60. The van der Waals surface area contributed by atoms with Crippen molar-refractivity contribution < 1.29 is 14.6 Å². The molecule has 0 fully saturated rings. The Balaban J connectivity index is 1.95. The molecule has 168 valence electrons. The number of aromatic nitrogens is 2. The van der Waals surface area contributed by atoms with Crippen LogP contribution in [0.2, 0.25) is 5.02 Å². The maximum absolute atomic E-state index is 9.74. The summed E-state index contributed by atoms with van der Waals surface area (Å²) in [6, 6.07) is 15.0. The molecule has 0 aliphatic heterocycles. The van der Waals surface area contributed by atoms with Gasteiger partial charge in [-0.05, 0) is 64.1 Å². The molecule has 0 aliphatic carbocycles. The van der Waals surface area contributed by atoms with Crippen LogP contribution in [0.4, 0.5) is 5.82 Å². The van der Waals surface area contributed by atoms with E-state index in [0.29, 0.717) is 28.7 Å². The van der Waals surface area contributed by atoms with E-state index in [2.05, 4.69) is 33.8 Å². The summed E-state index contributed by atoms with van der Waals surface area (Å²) in [5.41, 5.74) is 7.96. The van der Waals surface area contributed by atoms with E-state index in [-0.39, 0.29) is 35.8 Å². The third-order valence-electron chi connectivity index (χ3n) is 4.65. The highest BCUT2D eigenvalue weighted by atomic mass is 127. The maximum Gasteiger partial charge on any atom is 0.174 e. The molecule has 3 rings (SSSR count). The number of nitrogen functional groups attached to an aromatic ring is 1. The molecule has 3 N–H and O–H groups in total. The van der Waals surface area contributed by atoms with Crippen LogP contribution >= 0.6 is 34.2 Å². The first-order valence-electron chi connectivity index (χ1n) is 9.66. The number of ether oxygens (including phenoxy) is 2. The number of nitrogens with zero attached hydrogens (tertiary/aromatic N) is 4. The van der Waals surface area contributed by atoms with Gasteiger partial charge in [-0.2, -0.15) is 15.6 Å². The van der Waals surface area contributed by atoms with Gasteiger partial charge in [0.25, 0.3) is 0 Å². The predicted molar refractivity (Wildman–Crippen MR) is 133 cm³/mol. The highest BCUT2D eigenvalue weighted by Gasteiger charge is 2.19. The van der Waals surface area contributed by atoms with Crippen molar-refractivity contribution in [2.45, 2.75) is 13.2 Å². The summed E-state index contributed by atoms with van der Waals surface area (Å²) >= 11 is 8.06. The molecule has 0 saturated heterocycles. The quantitative estimate of drug-likeness (QED) is 0.304. The zero-order valence-corrected chi connectivity index (χ0v) is 20.5. The first-order valence-corrected chi connectivity index (χ1v) is 11.1. The number of anilines is 1. The number of benzene rings is 2. The standard InChI is InChI=1S/C23H19ClIN5O3/c1-32-20-10-15(9-19(25)22(20)33-13-14-2-4-17(24)5-3-14)8-16(11-26)21-18(12-27)23(28)30(29-21)6-7-31/h2-5,8-10,31H,6-7,13,28H2,1H3. The van der Waals surface area contributed by atoms with Crippen molar-refractivity contribution in [3.05, 3.63) is 67.4 Å². The normalized spacial score (nSPS) is 11.0. The van der Waals surface area contributed by atoms with Gasteiger partial charge in [0.1, 0.15) is 35.8 Å². The fraction of sp³-hybridized carbons (Fsp3) is 0.174. The van der Waals surface area contributed by atoms with Gasteiger partial charge in [-0.25, -0.2) is 4.68 Å². The maximum atomic E-state index is 9.74. The Morgan fingerprint density at radius 1 is 1.30 bits per heavy atom. The lowest BCUT2D eigenvalue weighted by atomic mass is 10.1. The van der Waals surface area contributed by atoms with E-state index in [9.17, 15) is 15.6 Å². The zero-order chi connectivity index (χ0) is 24.0. The lowest BCUT2D eigenvalue weighted by molar-refractivity contribution is 0.270. The Labute approximate surface area is 209 Å². The Morgan fingerprint density at radius 3 is 2.64 bits per heavy atom. The number of aliphatic hydroxyl groups is 1. The van der Waals surface area contributed by atoms with Gasteiger partial charge in [-0.3, -0.25) is 0 Å². The molecule has 0 spiro atoms. The molecule has 33 heavy (non-hydrogen) atoms. The monoisotopic (exact) mass is 575 g/mol. The van der Waals surface area contributed by atoms with Crippen LogP contribution in [0.25, 0.3) is 11.6 Å². The molecule has 0 unspecified atom stereocenters. The van der Waals surface area contributed by atoms with Crippen LogP contribution in [0.5, 0.6) is 11.5 Å². The Hall–Kier alpha value is -3.25. The Bertz CT molecular complexity index is 1270. The highest BCUT2D eigenvalue weighted by Crippen LogP contribution is 2.36. The summed E-state index contributed by atoms with van der Waals surface area (Å²) in [4.78, 5) is 0. The first kappa shape index (κ1) is 24.4. The second kappa shape index (κ2) is 11.1. The number of rotatable bonds is 8. The second-order valence-electron chi connectivity index (χ2n) is 6.79. The molecule has 0 aliphatic rings. The molecule has 0 radical (unpaired) electrons. The highest BCUT2D eigenvalue weighted by molar-refractivity contribution is 14.1. The van der Waals surface area contributed by atoms with Gasteiger partial charge in [-0.1, -0.05) is 23.7 Å². The van der Waals surface area contributed by atoms with Gasteiger partial charge in [0.05, 0.1) is 29.4 Å². The summed E-state index contributed by atoms with van der Waals surface area (Å²) in [7, 11) is 1.53. The Morgan fingerprint density at radius 2 is 2.03 bits per heavy atom. The van der Waals surface area contributed by atoms with Gasteiger partial charge in [0, 0.05) is 5.02 Å². The van der Waals surface area contributed by atoms with Crippen molar-refractivity contribution in [2.24, 2.45) is 0 Å². The average molecular weight is 576 g/mol. The van der Waals surface area contributed by atoms with Gasteiger partial charge in [0.15, 0.2) is 11.5 Å². The van der Waals surface area contributed by atoms with E-state index >= 15 is 0 Å². The van der Waals surface area contributed by atoms with Gasteiger partial charge in [-0.15, -0.1) is 0 Å². The van der Waals surface area contributed by atoms with E-state index in [1.165, 1.54) is 11.8 Å². The van der Waals surface area contributed by atoms with Crippen LogP contribution in [0.15, 0.2) is 36.4 Å². The van der Waals surface area contributed by atoms with E-state index in [1.807, 2.05) is 24.3 Å². The third-order valence-corrected chi connectivity index (χ3v) is 5.70. The van der Waals surface area contributed by atoms with Crippen LogP contribution in [-0.4, -0.2) is 28.6 Å². The van der Waals surface area contributed by atoms with E-state index in [4.69, 9.17) is 26.8 Å². The number of hydrogen-bond donors (Lipinski definition) is 2. The summed E-state index contributed by atoms with van der Waals surface area (Å²) in [5, 5.41) is 33.3. The number of aliphatic hydroxyl groups excluding tert-OH is 1. The smallest absolute Gasteiger partial charge is 0.174 e. The second-order valence-corrected chi connectivity index (χ2v) is 8.39. The van der Waals surface area contributed by atoms with Crippen molar-refractivity contribution in [3.63, 3.8) is 0 Å². The molecule has 3 aromatic rings. The minimum Gasteiger partial charge on any atom is -0.493 e. The van der Waals surface area contributed by atoms with Crippen molar-refractivity contribution in [1.82, 2.24) is 9.78 Å². The van der Waals surface area contributed by atoms with Crippen molar-refractivity contribution in [3.8, 4) is 23.6 Å². The SMILES string of the molecule is COc1cc(C=C(C#N)c2nn(CCO)c(N)c2C#N)cc(I)c1OCc1ccc(Cl)cc1. The molecular weight excluding hydrogens is 557 g/mol. The first-order chi connectivity index (χ1) is 15.9. The number of nitrogens with two attached hydrogens (primary N) is 1. The van der Waals surface area contributed by atoms with Gasteiger partial charge < -0.3 is 20.3 Å². The molecule has 0 saturated carbocycles. The van der Waals surface area contributed by atoms with Crippen LogP contribution in [0.1, 0.15) is 22.4 Å². The number of allylic oxidation sites excluding steroid dienone is 1. The fourth-order valence-electron chi connectivity index (χ4n) is 3.06. The summed E-state index contributed by atoms with van der Waals surface area (Å²) < 4.78 is 13.6. The van der Waals surface area contributed by atoms with Crippen LogP contribution < -0.4 is 15.2 Å². The number of methoxy groups -OCH3 is 1. The van der Waals surface area contributed by atoms with Crippen molar-refractivity contribution in [1.29, 1.82) is 10.5 Å².